The molecule has 0 bridgehead atoms. The van der Waals surface area contributed by atoms with Crippen LogP contribution in [0.1, 0.15) is 50.7 Å². The van der Waals surface area contributed by atoms with Crippen molar-refractivity contribution in [3.63, 3.8) is 0 Å². The van der Waals surface area contributed by atoms with E-state index in [1.54, 1.807) is 61.5 Å². The van der Waals surface area contributed by atoms with Gasteiger partial charge in [-0.15, -0.1) is 0 Å². The number of carbonyl (C=O) groups is 2. The van der Waals surface area contributed by atoms with Gasteiger partial charge in [0, 0.05) is 17.6 Å². The average Bonchev–Trinajstić information content (AvgIpc) is 3.48. The Morgan fingerprint density at radius 2 is 1.52 bits per heavy atom. The zero-order valence-corrected chi connectivity index (χ0v) is 24.5. The molecule has 0 heterocycles. The van der Waals surface area contributed by atoms with Crippen molar-refractivity contribution < 1.29 is 18.0 Å². The summed E-state index contributed by atoms with van der Waals surface area (Å²) in [5, 5.41) is 3.64. The highest BCUT2D eigenvalue weighted by atomic mass is 35.5. The number of carbonyl (C=O) groups excluding carboxylic acids is 2. The number of nitrogens with zero attached hydrogens (tertiary/aromatic N) is 2. The van der Waals surface area contributed by atoms with Gasteiger partial charge in [0.2, 0.25) is 11.8 Å². The minimum absolute atomic E-state index is 0.0821. The Hall–Kier alpha value is -3.36. The number of halogens is 1. The van der Waals surface area contributed by atoms with Gasteiger partial charge in [-0.3, -0.25) is 13.9 Å². The van der Waals surface area contributed by atoms with Gasteiger partial charge in [0.25, 0.3) is 10.0 Å². The Morgan fingerprint density at radius 1 is 0.925 bits per heavy atom. The molecule has 3 aromatic carbocycles. The zero-order valence-electron chi connectivity index (χ0n) is 22.9. The molecule has 3 aromatic rings. The maximum atomic E-state index is 14.0. The summed E-state index contributed by atoms with van der Waals surface area (Å²) in [4.78, 5) is 28.8. The third kappa shape index (κ3) is 7.23. The van der Waals surface area contributed by atoms with Crippen LogP contribution in [0.4, 0.5) is 5.69 Å². The third-order valence-corrected chi connectivity index (χ3v) is 9.42. The molecule has 0 spiro atoms. The molecule has 0 aliphatic heterocycles. The molecular formula is C31H36ClN3O4S. The molecule has 40 heavy (non-hydrogen) atoms. The second kappa shape index (κ2) is 13.3. The average molecular weight is 582 g/mol. The van der Waals surface area contributed by atoms with Gasteiger partial charge in [-0.2, -0.15) is 0 Å². The number of hydrogen-bond acceptors (Lipinski definition) is 4. The van der Waals surface area contributed by atoms with Gasteiger partial charge in [-0.05, 0) is 73.7 Å². The molecule has 1 aliphatic rings. The second-order valence-corrected chi connectivity index (χ2v) is 12.5. The molecule has 2 amide bonds. The Balaban J connectivity index is 1.67. The summed E-state index contributed by atoms with van der Waals surface area (Å²) < 4.78 is 28.8. The first-order valence-electron chi connectivity index (χ1n) is 13.7. The molecular weight excluding hydrogens is 546 g/mol. The highest BCUT2D eigenvalue weighted by molar-refractivity contribution is 7.92. The second-order valence-electron chi connectivity index (χ2n) is 10.2. The van der Waals surface area contributed by atoms with E-state index in [2.05, 4.69) is 5.32 Å². The first-order chi connectivity index (χ1) is 19.2. The van der Waals surface area contributed by atoms with Crippen molar-refractivity contribution in [3.05, 3.63) is 95.0 Å². The standard InChI is InChI=1S/C31H36ClN3O4S/c1-3-24-15-19-28(20-16-24)35(40(38,39)29-11-5-4-6-12-29)22-30(36)34(21-25-13-17-26(32)18-14-25)23(2)31(37)33-27-9-7-8-10-27/h4-6,11-20,23,27H,3,7-10,21-22H2,1-2H3,(H,33,37). The van der Waals surface area contributed by atoms with Gasteiger partial charge in [0.1, 0.15) is 12.6 Å². The van der Waals surface area contributed by atoms with Crippen molar-refractivity contribution in [1.29, 1.82) is 0 Å². The third-order valence-electron chi connectivity index (χ3n) is 7.38. The van der Waals surface area contributed by atoms with E-state index in [-0.39, 0.29) is 23.4 Å². The predicted molar refractivity (Wildman–Crippen MR) is 159 cm³/mol. The van der Waals surface area contributed by atoms with Gasteiger partial charge >= 0.3 is 0 Å². The van der Waals surface area contributed by atoms with E-state index in [1.807, 2.05) is 19.1 Å². The maximum Gasteiger partial charge on any atom is 0.264 e. The lowest BCUT2D eigenvalue weighted by Gasteiger charge is -2.32. The normalized spacial score (nSPS) is 14.5. The molecule has 4 rings (SSSR count). The van der Waals surface area contributed by atoms with E-state index in [9.17, 15) is 18.0 Å². The monoisotopic (exact) mass is 581 g/mol. The lowest BCUT2D eigenvalue weighted by Crippen LogP contribution is -2.52. The van der Waals surface area contributed by atoms with Crippen molar-refractivity contribution in [2.24, 2.45) is 0 Å². The van der Waals surface area contributed by atoms with Gasteiger partial charge < -0.3 is 10.2 Å². The minimum Gasteiger partial charge on any atom is -0.352 e. The van der Waals surface area contributed by atoms with Crippen LogP contribution in [0.15, 0.2) is 83.8 Å². The van der Waals surface area contributed by atoms with Crippen LogP contribution in [0.25, 0.3) is 0 Å². The lowest BCUT2D eigenvalue weighted by atomic mass is 10.1. The molecule has 1 N–H and O–H groups in total. The van der Waals surface area contributed by atoms with Crippen LogP contribution in [0.2, 0.25) is 5.02 Å². The first kappa shape index (κ1) is 29.6. The SMILES string of the molecule is CCc1ccc(N(CC(=O)N(Cc2ccc(Cl)cc2)C(C)C(=O)NC2CCCC2)S(=O)(=O)c2ccccc2)cc1. The smallest absolute Gasteiger partial charge is 0.264 e. The summed E-state index contributed by atoms with van der Waals surface area (Å²) in [6.07, 6.45) is 4.76. The molecule has 0 saturated heterocycles. The number of aryl methyl sites for hydroxylation is 1. The van der Waals surface area contributed by atoms with E-state index in [1.165, 1.54) is 17.0 Å². The molecule has 7 nitrogen and oxygen atoms in total. The topological polar surface area (TPSA) is 86.8 Å². The molecule has 1 unspecified atom stereocenters. The number of hydrogen-bond donors (Lipinski definition) is 1. The Bertz CT molecular complexity index is 1390. The highest BCUT2D eigenvalue weighted by Crippen LogP contribution is 2.25. The van der Waals surface area contributed by atoms with Crippen LogP contribution < -0.4 is 9.62 Å². The number of benzene rings is 3. The largest absolute Gasteiger partial charge is 0.352 e. The fraction of sp³-hybridized carbons (Fsp3) is 0.355. The fourth-order valence-corrected chi connectivity index (χ4v) is 6.47. The molecule has 1 aliphatic carbocycles. The van der Waals surface area contributed by atoms with E-state index in [0.717, 1.165) is 47.5 Å². The van der Waals surface area contributed by atoms with Crippen LogP contribution in [0.3, 0.4) is 0 Å². The van der Waals surface area contributed by atoms with E-state index >= 15 is 0 Å². The molecule has 0 aromatic heterocycles. The quantitative estimate of drug-likeness (QED) is 0.320. The van der Waals surface area contributed by atoms with Crippen LogP contribution in [-0.4, -0.2) is 43.8 Å². The number of anilines is 1. The number of sulfonamides is 1. The van der Waals surface area contributed by atoms with Gasteiger partial charge in [-0.25, -0.2) is 8.42 Å². The van der Waals surface area contributed by atoms with Crippen molar-refractivity contribution in [2.45, 2.75) is 69.5 Å². The van der Waals surface area contributed by atoms with Crippen LogP contribution in [-0.2, 0) is 32.6 Å². The number of nitrogens with one attached hydrogen (secondary N) is 1. The van der Waals surface area contributed by atoms with E-state index < -0.39 is 28.5 Å². The first-order valence-corrected chi connectivity index (χ1v) is 15.5. The van der Waals surface area contributed by atoms with Gasteiger partial charge in [0.05, 0.1) is 10.6 Å². The Labute approximate surface area is 242 Å². The maximum absolute atomic E-state index is 14.0. The van der Waals surface area contributed by atoms with Gasteiger partial charge in [-0.1, -0.05) is 73.8 Å². The summed E-state index contributed by atoms with van der Waals surface area (Å²) >= 11 is 6.07. The Morgan fingerprint density at radius 3 is 2.12 bits per heavy atom. The van der Waals surface area contributed by atoms with Crippen LogP contribution >= 0.6 is 11.6 Å². The van der Waals surface area contributed by atoms with Crippen LogP contribution in [0, 0.1) is 0 Å². The molecule has 1 saturated carbocycles. The fourth-order valence-electron chi connectivity index (χ4n) is 4.91. The molecule has 212 valence electrons. The zero-order chi connectivity index (χ0) is 28.7. The van der Waals surface area contributed by atoms with E-state index in [4.69, 9.17) is 11.6 Å². The van der Waals surface area contributed by atoms with Crippen LogP contribution in [0.5, 0.6) is 0 Å². The van der Waals surface area contributed by atoms with Gasteiger partial charge in [0.15, 0.2) is 0 Å². The predicted octanol–water partition coefficient (Wildman–Crippen LogP) is 5.57. The Kier molecular flexibility index (Phi) is 9.87. The molecule has 1 atom stereocenters. The lowest BCUT2D eigenvalue weighted by molar-refractivity contribution is -0.139. The summed E-state index contributed by atoms with van der Waals surface area (Å²) in [5.41, 5.74) is 2.21. The summed E-state index contributed by atoms with van der Waals surface area (Å²) in [6.45, 7) is 3.37. The van der Waals surface area contributed by atoms with Crippen molar-refractivity contribution in [1.82, 2.24) is 10.2 Å². The number of amides is 2. The molecule has 1 fully saturated rings. The number of rotatable bonds is 11. The molecule has 9 heteroatoms. The highest BCUT2D eigenvalue weighted by Gasteiger charge is 2.33. The van der Waals surface area contributed by atoms with Crippen molar-refractivity contribution in [2.75, 3.05) is 10.8 Å². The molecule has 0 radical (unpaired) electrons. The minimum atomic E-state index is -4.08. The summed E-state index contributed by atoms with van der Waals surface area (Å²) in [7, 11) is -4.08. The van der Waals surface area contributed by atoms with Crippen molar-refractivity contribution >= 4 is 39.1 Å². The summed E-state index contributed by atoms with van der Waals surface area (Å²) in [5.74, 6) is -0.734. The van der Waals surface area contributed by atoms with E-state index in [0.29, 0.717) is 10.7 Å². The van der Waals surface area contributed by atoms with Crippen molar-refractivity contribution in [3.8, 4) is 0 Å². The summed E-state index contributed by atoms with van der Waals surface area (Å²) in [6, 6.07) is 21.5.